The highest BCUT2D eigenvalue weighted by Gasteiger charge is 2.20. The molecule has 4 heterocycles. The highest BCUT2D eigenvalue weighted by atomic mass is 16.2. The number of nitrogens with zero attached hydrogens (tertiary/aromatic N) is 5. The molecular formula is C20H24N6O. The van der Waals surface area contributed by atoms with Gasteiger partial charge in [-0.05, 0) is 23.8 Å². The lowest BCUT2D eigenvalue weighted by molar-refractivity contribution is 0.135. The maximum Gasteiger partial charge on any atom is 0.317 e. The molecular weight excluding hydrogens is 340 g/mol. The average molecular weight is 364 g/mol. The summed E-state index contributed by atoms with van der Waals surface area (Å²) in [5.74, 6) is 0. The molecule has 27 heavy (non-hydrogen) atoms. The van der Waals surface area contributed by atoms with Gasteiger partial charge in [0.15, 0.2) is 0 Å². The third kappa shape index (κ3) is 4.43. The predicted octanol–water partition coefficient (Wildman–Crippen LogP) is 1.80. The number of carbonyl (C=O) groups excluding carboxylic acids is 1. The molecule has 4 rings (SSSR count). The summed E-state index contributed by atoms with van der Waals surface area (Å²) >= 11 is 0. The van der Waals surface area contributed by atoms with Crippen molar-refractivity contribution in [2.24, 2.45) is 0 Å². The minimum Gasteiger partial charge on any atom is -0.338 e. The molecule has 140 valence electrons. The molecule has 0 unspecified atom stereocenters. The minimum atomic E-state index is 0.0137. The van der Waals surface area contributed by atoms with Crippen LogP contribution in [0.15, 0.2) is 55.1 Å². The molecule has 0 aliphatic carbocycles. The van der Waals surface area contributed by atoms with Crippen LogP contribution in [-0.2, 0) is 13.0 Å². The first-order valence-corrected chi connectivity index (χ1v) is 9.34. The number of hydrogen-bond acceptors (Lipinski definition) is 4. The lowest BCUT2D eigenvalue weighted by atomic mass is 10.2. The summed E-state index contributed by atoms with van der Waals surface area (Å²) in [6.07, 6.45) is 8.42. The summed E-state index contributed by atoms with van der Waals surface area (Å²) in [6, 6.07) is 10.00. The molecule has 3 aromatic heterocycles. The van der Waals surface area contributed by atoms with Crippen LogP contribution in [0.2, 0.25) is 0 Å². The number of fused-ring (bicyclic) bond motifs is 1. The standard InChI is InChI=1S/C20H24N6O/c27-20(22-8-6-18-16-26-9-2-1-5-19(26)23-18)25-12-10-24(11-13-25)15-17-4-3-7-21-14-17/h1-5,7,9,14,16H,6,8,10-13,15H2,(H,22,27). The van der Waals surface area contributed by atoms with Gasteiger partial charge < -0.3 is 14.6 Å². The van der Waals surface area contributed by atoms with Crippen molar-refractivity contribution in [3.8, 4) is 0 Å². The maximum absolute atomic E-state index is 12.4. The molecule has 1 aliphatic rings. The Morgan fingerprint density at radius 3 is 2.78 bits per heavy atom. The zero-order valence-corrected chi connectivity index (χ0v) is 15.3. The Balaban J connectivity index is 1.20. The highest BCUT2D eigenvalue weighted by Crippen LogP contribution is 2.08. The first-order valence-electron chi connectivity index (χ1n) is 9.34. The van der Waals surface area contributed by atoms with Crippen LogP contribution in [0.3, 0.4) is 0 Å². The molecule has 0 spiro atoms. The topological polar surface area (TPSA) is 65.8 Å². The van der Waals surface area contributed by atoms with Crippen molar-refractivity contribution in [2.45, 2.75) is 13.0 Å². The summed E-state index contributed by atoms with van der Waals surface area (Å²) in [7, 11) is 0. The van der Waals surface area contributed by atoms with Gasteiger partial charge in [0.05, 0.1) is 5.69 Å². The van der Waals surface area contributed by atoms with Crippen LogP contribution in [0, 0.1) is 0 Å². The van der Waals surface area contributed by atoms with Gasteiger partial charge in [0, 0.05) is 70.5 Å². The van der Waals surface area contributed by atoms with Gasteiger partial charge in [0.2, 0.25) is 0 Å². The Bertz CT molecular complexity index is 853. The zero-order valence-electron chi connectivity index (χ0n) is 15.3. The number of urea groups is 1. The molecule has 0 bridgehead atoms. The second-order valence-corrected chi connectivity index (χ2v) is 6.80. The quantitative estimate of drug-likeness (QED) is 0.750. The molecule has 1 fully saturated rings. The Labute approximate surface area is 158 Å². The maximum atomic E-state index is 12.4. The fourth-order valence-corrected chi connectivity index (χ4v) is 3.38. The van der Waals surface area contributed by atoms with Crippen molar-refractivity contribution in [3.05, 3.63) is 66.4 Å². The van der Waals surface area contributed by atoms with E-state index in [2.05, 4.69) is 26.3 Å². The molecule has 0 radical (unpaired) electrons. The number of pyridine rings is 2. The number of amides is 2. The molecule has 3 aromatic rings. The van der Waals surface area contributed by atoms with Gasteiger partial charge in [-0.15, -0.1) is 0 Å². The van der Waals surface area contributed by atoms with Crippen LogP contribution < -0.4 is 5.32 Å². The second-order valence-electron chi connectivity index (χ2n) is 6.80. The predicted molar refractivity (Wildman–Crippen MR) is 103 cm³/mol. The number of piperazine rings is 1. The van der Waals surface area contributed by atoms with Gasteiger partial charge in [-0.1, -0.05) is 12.1 Å². The van der Waals surface area contributed by atoms with E-state index in [-0.39, 0.29) is 6.03 Å². The number of rotatable bonds is 5. The second kappa shape index (κ2) is 8.18. The Hall–Kier alpha value is -2.93. The molecule has 1 N–H and O–H groups in total. The summed E-state index contributed by atoms with van der Waals surface area (Å²) in [6.45, 7) is 4.75. The van der Waals surface area contributed by atoms with Gasteiger partial charge in [0.25, 0.3) is 0 Å². The lowest BCUT2D eigenvalue weighted by Crippen LogP contribution is -2.51. The molecule has 0 saturated carbocycles. The number of hydrogen-bond donors (Lipinski definition) is 1. The van der Waals surface area contributed by atoms with Crippen LogP contribution in [0.25, 0.3) is 5.65 Å². The smallest absolute Gasteiger partial charge is 0.317 e. The zero-order chi connectivity index (χ0) is 18.5. The van der Waals surface area contributed by atoms with Gasteiger partial charge in [0.1, 0.15) is 5.65 Å². The van der Waals surface area contributed by atoms with Crippen LogP contribution in [-0.4, -0.2) is 62.9 Å². The van der Waals surface area contributed by atoms with Crippen LogP contribution in [0.1, 0.15) is 11.3 Å². The number of aromatic nitrogens is 3. The SMILES string of the molecule is O=C(NCCc1cn2ccccc2n1)N1CCN(Cc2cccnc2)CC1. The van der Waals surface area contributed by atoms with Gasteiger partial charge in [-0.3, -0.25) is 9.88 Å². The van der Waals surface area contributed by atoms with E-state index in [0.717, 1.165) is 50.5 Å². The van der Waals surface area contributed by atoms with Crippen molar-refractivity contribution in [1.82, 2.24) is 29.5 Å². The third-order valence-electron chi connectivity index (χ3n) is 4.86. The van der Waals surface area contributed by atoms with E-state index in [1.165, 1.54) is 5.56 Å². The van der Waals surface area contributed by atoms with Crippen molar-refractivity contribution >= 4 is 11.7 Å². The van der Waals surface area contributed by atoms with Gasteiger partial charge in [-0.2, -0.15) is 0 Å². The van der Waals surface area contributed by atoms with Gasteiger partial charge >= 0.3 is 6.03 Å². The van der Waals surface area contributed by atoms with Crippen molar-refractivity contribution in [1.29, 1.82) is 0 Å². The Morgan fingerprint density at radius 1 is 1.11 bits per heavy atom. The van der Waals surface area contributed by atoms with Crippen LogP contribution >= 0.6 is 0 Å². The molecule has 0 aromatic carbocycles. The average Bonchev–Trinajstić information content (AvgIpc) is 3.12. The largest absolute Gasteiger partial charge is 0.338 e. The van der Waals surface area contributed by atoms with E-state index in [4.69, 9.17) is 0 Å². The van der Waals surface area contributed by atoms with Crippen LogP contribution in [0.5, 0.6) is 0 Å². The molecule has 1 saturated heterocycles. The van der Waals surface area contributed by atoms with Crippen molar-refractivity contribution in [2.75, 3.05) is 32.7 Å². The summed E-state index contributed by atoms with van der Waals surface area (Å²) in [5.41, 5.74) is 3.13. The van der Waals surface area contributed by atoms with Crippen LogP contribution in [0.4, 0.5) is 4.79 Å². The molecule has 2 amide bonds. The van der Waals surface area contributed by atoms with E-state index in [1.807, 2.05) is 52.2 Å². The summed E-state index contributed by atoms with van der Waals surface area (Å²) in [4.78, 5) is 25.4. The number of nitrogens with one attached hydrogen (secondary N) is 1. The van der Waals surface area contributed by atoms with Gasteiger partial charge in [-0.25, -0.2) is 9.78 Å². The van der Waals surface area contributed by atoms with Crippen molar-refractivity contribution in [3.63, 3.8) is 0 Å². The van der Waals surface area contributed by atoms with E-state index < -0.39 is 0 Å². The van der Waals surface area contributed by atoms with E-state index in [9.17, 15) is 4.79 Å². The lowest BCUT2D eigenvalue weighted by Gasteiger charge is -2.34. The Morgan fingerprint density at radius 2 is 2.00 bits per heavy atom. The molecule has 7 heteroatoms. The summed E-state index contributed by atoms with van der Waals surface area (Å²) in [5, 5.41) is 3.02. The molecule has 7 nitrogen and oxygen atoms in total. The van der Waals surface area contributed by atoms with E-state index >= 15 is 0 Å². The number of carbonyl (C=O) groups is 1. The third-order valence-corrected chi connectivity index (χ3v) is 4.86. The fraction of sp³-hybridized carbons (Fsp3) is 0.350. The minimum absolute atomic E-state index is 0.0137. The van der Waals surface area contributed by atoms with Crippen molar-refractivity contribution < 1.29 is 4.79 Å². The molecule has 1 aliphatic heterocycles. The normalized spacial score (nSPS) is 15.2. The van der Waals surface area contributed by atoms with E-state index in [0.29, 0.717) is 6.54 Å². The first kappa shape index (κ1) is 17.5. The fourth-order valence-electron chi connectivity index (χ4n) is 3.38. The molecule has 0 atom stereocenters. The van der Waals surface area contributed by atoms with E-state index in [1.54, 1.807) is 6.20 Å². The summed E-state index contributed by atoms with van der Waals surface area (Å²) < 4.78 is 2.00. The number of imidazole rings is 1. The monoisotopic (exact) mass is 364 g/mol. The Kier molecular flexibility index (Phi) is 5.29. The first-order chi connectivity index (χ1) is 13.3. The highest BCUT2D eigenvalue weighted by molar-refractivity contribution is 5.74.